The SMILES string of the molecule is Cc1ccsc1C(=O)NC1CC2C(=O)N(C3CC3)S(=O)(=O)CCN2C1. The lowest BCUT2D eigenvalue weighted by Gasteiger charge is -2.23. The van der Waals surface area contributed by atoms with Crippen LogP contribution in [-0.4, -0.2) is 66.4 Å². The van der Waals surface area contributed by atoms with E-state index in [1.807, 2.05) is 23.3 Å². The molecule has 3 aliphatic rings. The molecular weight excluding hydrogens is 362 g/mol. The molecule has 1 aliphatic carbocycles. The second-order valence-electron chi connectivity index (χ2n) is 7.03. The fourth-order valence-corrected chi connectivity index (χ4v) is 6.25. The Balaban J connectivity index is 1.49. The molecule has 0 spiro atoms. The van der Waals surface area contributed by atoms with Gasteiger partial charge in [0.25, 0.3) is 11.8 Å². The Hall–Kier alpha value is -1.45. The van der Waals surface area contributed by atoms with Crippen molar-refractivity contribution in [2.24, 2.45) is 0 Å². The highest BCUT2D eigenvalue weighted by Crippen LogP contribution is 2.34. The van der Waals surface area contributed by atoms with Crippen LogP contribution in [0.4, 0.5) is 0 Å². The summed E-state index contributed by atoms with van der Waals surface area (Å²) >= 11 is 1.40. The van der Waals surface area contributed by atoms with Crippen molar-refractivity contribution in [3.8, 4) is 0 Å². The number of thiophene rings is 1. The van der Waals surface area contributed by atoms with Crippen molar-refractivity contribution in [3.05, 3.63) is 21.9 Å². The minimum Gasteiger partial charge on any atom is -0.347 e. The number of carbonyl (C=O) groups is 2. The molecule has 25 heavy (non-hydrogen) atoms. The molecule has 9 heteroatoms. The van der Waals surface area contributed by atoms with Gasteiger partial charge in [-0.25, -0.2) is 12.7 Å². The van der Waals surface area contributed by atoms with Crippen molar-refractivity contribution >= 4 is 33.2 Å². The van der Waals surface area contributed by atoms with E-state index < -0.39 is 16.1 Å². The second-order valence-corrected chi connectivity index (χ2v) is 9.91. The molecule has 1 aromatic rings. The van der Waals surface area contributed by atoms with Crippen LogP contribution in [-0.2, 0) is 14.8 Å². The number of hydrogen-bond donors (Lipinski definition) is 1. The summed E-state index contributed by atoms with van der Waals surface area (Å²) in [5.41, 5.74) is 0.942. The van der Waals surface area contributed by atoms with E-state index in [1.54, 1.807) is 0 Å². The third-order valence-corrected chi connectivity index (χ3v) is 7.92. The Bertz CT molecular complexity index is 815. The van der Waals surface area contributed by atoms with Gasteiger partial charge >= 0.3 is 0 Å². The topological polar surface area (TPSA) is 86.8 Å². The second kappa shape index (κ2) is 6.07. The highest BCUT2D eigenvalue weighted by molar-refractivity contribution is 7.89. The van der Waals surface area contributed by atoms with Gasteiger partial charge in [0.2, 0.25) is 10.0 Å². The first kappa shape index (κ1) is 17.0. The van der Waals surface area contributed by atoms with Gasteiger partial charge in [-0.05, 0) is 43.2 Å². The number of sulfonamides is 1. The lowest BCUT2D eigenvalue weighted by molar-refractivity contribution is -0.130. The summed E-state index contributed by atoms with van der Waals surface area (Å²) in [5.74, 6) is -0.463. The van der Waals surface area contributed by atoms with Crippen molar-refractivity contribution in [2.75, 3.05) is 18.8 Å². The summed E-state index contributed by atoms with van der Waals surface area (Å²) in [6.07, 6.45) is 1.98. The van der Waals surface area contributed by atoms with E-state index in [0.29, 0.717) is 24.4 Å². The Morgan fingerprint density at radius 1 is 1.36 bits per heavy atom. The van der Waals surface area contributed by atoms with Gasteiger partial charge in [0.15, 0.2) is 0 Å². The van der Waals surface area contributed by atoms with E-state index in [9.17, 15) is 18.0 Å². The van der Waals surface area contributed by atoms with E-state index in [-0.39, 0.29) is 29.7 Å². The molecule has 0 bridgehead atoms. The van der Waals surface area contributed by atoms with Gasteiger partial charge in [-0.1, -0.05) is 0 Å². The molecule has 1 N–H and O–H groups in total. The molecular formula is C16H21N3O4S2. The molecule has 2 saturated heterocycles. The van der Waals surface area contributed by atoms with E-state index >= 15 is 0 Å². The maximum Gasteiger partial charge on any atom is 0.261 e. The molecule has 4 rings (SSSR count). The molecule has 0 radical (unpaired) electrons. The molecule has 2 aliphatic heterocycles. The molecule has 2 unspecified atom stereocenters. The molecule has 2 atom stereocenters. The van der Waals surface area contributed by atoms with Gasteiger partial charge in [-0.2, -0.15) is 0 Å². The van der Waals surface area contributed by atoms with E-state index in [0.717, 1.165) is 22.7 Å². The summed E-state index contributed by atoms with van der Waals surface area (Å²) in [4.78, 5) is 27.8. The fourth-order valence-electron chi connectivity index (χ4n) is 3.70. The predicted octanol–water partition coefficient (Wildman–Crippen LogP) is 0.564. The normalized spacial score (nSPS) is 29.3. The van der Waals surface area contributed by atoms with E-state index in [1.165, 1.54) is 11.3 Å². The Morgan fingerprint density at radius 2 is 2.12 bits per heavy atom. The fraction of sp³-hybridized carbons (Fsp3) is 0.625. The summed E-state index contributed by atoms with van der Waals surface area (Å²) in [6.45, 7) is 2.75. The summed E-state index contributed by atoms with van der Waals surface area (Å²) in [5, 5.41) is 4.89. The number of hydrogen-bond acceptors (Lipinski definition) is 6. The average Bonchev–Trinajstić information content (AvgIpc) is 3.14. The van der Waals surface area contributed by atoms with Crippen LogP contribution >= 0.6 is 11.3 Å². The minimum absolute atomic E-state index is 0.0313. The maximum atomic E-state index is 12.8. The van der Waals surface area contributed by atoms with E-state index in [4.69, 9.17) is 0 Å². The summed E-state index contributed by atoms with van der Waals surface area (Å²) in [7, 11) is -3.51. The van der Waals surface area contributed by atoms with Crippen molar-refractivity contribution in [3.63, 3.8) is 0 Å². The first-order valence-corrected chi connectivity index (χ1v) is 11.0. The van der Waals surface area contributed by atoms with Crippen LogP contribution in [0.5, 0.6) is 0 Å². The van der Waals surface area contributed by atoms with Gasteiger partial charge in [-0.15, -0.1) is 11.3 Å². The lowest BCUT2D eigenvalue weighted by Crippen LogP contribution is -2.45. The van der Waals surface area contributed by atoms with Crippen LogP contribution in [0.15, 0.2) is 11.4 Å². The quantitative estimate of drug-likeness (QED) is 0.824. The van der Waals surface area contributed by atoms with Crippen molar-refractivity contribution in [2.45, 2.75) is 44.3 Å². The Kier molecular flexibility index (Phi) is 4.12. The smallest absolute Gasteiger partial charge is 0.261 e. The summed E-state index contributed by atoms with van der Waals surface area (Å²) < 4.78 is 25.9. The number of fused-ring (bicyclic) bond motifs is 1. The Labute approximate surface area is 151 Å². The zero-order chi connectivity index (χ0) is 17.8. The molecule has 1 saturated carbocycles. The maximum absolute atomic E-state index is 12.8. The zero-order valence-electron chi connectivity index (χ0n) is 14.0. The van der Waals surface area contributed by atoms with Crippen molar-refractivity contribution in [1.29, 1.82) is 0 Å². The number of rotatable bonds is 3. The highest BCUT2D eigenvalue weighted by Gasteiger charge is 2.49. The monoisotopic (exact) mass is 383 g/mol. The Morgan fingerprint density at radius 3 is 2.76 bits per heavy atom. The zero-order valence-corrected chi connectivity index (χ0v) is 15.6. The highest BCUT2D eigenvalue weighted by atomic mass is 32.2. The van der Waals surface area contributed by atoms with Crippen LogP contribution in [0, 0.1) is 6.92 Å². The minimum atomic E-state index is -3.51. The van der Waals surface area contributed by atoms with Crippen LogP contribution < -0.4 is 5.32 Å². The molecule has 2 amide bonds. The number of carbonyl (C=O) groups excluding carboxylic acids is 2. The molecule has 0 aromatic carbocycles. The third kappa shape index (κ3) is 3.09. The molecule has 3 fully saturated rings. The third-order valence-electron chi connectivity index (χ3n) is 5.12. The van der Waals surface area contributed by atoms with Crippen LogP contribution in [0.25, 0.3) is 0 Å². The van der Waals surface area contributed by atoms with Crippen LogP contribution in [0.1, 0.15) is 34.5 Å². The van der Waals surface area contributed by atoms with E-state index in [2.05, 4.69) is 5.32 Å². The molecule has 1 aromatic heterocycles. The molecule has 3 heterocycles. The van der Waals surface area contributed by atoms with Crippen LogP contribution in [0.2, 0.25) is 0 Å². The van der Waals surface area contributed by atoms with Crippen LogP contribution in [0.3, 0.4) is 0 Å². The molecule has 136 valence electrons. The number of amides is 2. The predicted molar refractivity (Wildman–Crippen MR) is 93.9 cm³/mol. The van der Waals surface area contributed by atoms with Gasteiger partial charge in [-0.3, -0.25) is 14.5 Å². The van der Waals surface area contributed by atoms with Crippen molar-refractivity contribution in [1.82, 2.24) is 14.5 Å². The number of aryl methyl sites for hydroxylation is 1. The van der Waals surface area contributed by atoms with Gasteiger partial charge < -0.3 is 5.32 Å². The van der Waals surface area contributed by atoms with Crippen molar-refractivity contribution < 1.29 is 18.0 Å². The standard InChI is InChI=1S/C16H21N3O4S2/c1-10-4-6-24-14(10)15(20)17-11-8-13-16(21)19(12-2-3-12)25(22,23)7-5-18(13)9-11/h4,6,11-13H,2-3,5,7-9H2,1H3,(H,17,20). The average molecular weight is 383 g/mol. The van der Waals surface area contributed by atoms with Gasteiger partial charge in [0.1, 0.15) is 0 Å². The number of nitrogens with one attached hydrogen (secondary N) is 1. The van der Waals surface area contributed by atoms with Gasteiger partial charge in [0, 0.05) is 25.2 Å². The number of nitrogens with zero attached hydrogens (tertiary/aromatic N) is 2. The molecule has 7 nitrogen and oxygen atoms in total. The largest absolute Gasteiger partial charge is 0.347 e. The van der Waals surface area contributed by atoms with Gasteiger partial charge in [0.05, 0.1) is 16.7 Å². The first-order chi connectivity index (χ1) is 11.9. The summed E-state index contributed by atoms with van der Waals surface area (Å²) in [6, 6.07) is 1.17. The lowest BCUT2D eigenvalue weighted by atomic mass is 10.1. The first-order valence-electron chi connectivity index (χ1n) is 8.52.